The zero-order chi connectivity index (χ0) is 14.9. The Labute approximate surface area is 127 Å². The maximum absolute atomic E-state index is 9.86. The molecule has 3 N–H and O–H groups in total. The smallest absolute Gasteiger partial charge is 0.0772 e. The maximum atomic E-state index is 9.86. The number of fused-ring (bicyclic) bond motifs is 2. The first-order chi connectivity index (χ1) is 10.1. The first-order valence-electron chi connectivity index (χ1n) is 8.02. The Morgan fingerprint density at radius 3 is 2.62 bits per heavy atom. The minimum absolute atomic E-state index is 0.0164. The van der Waals surface area contributed by atoms with Gasteiger partial charge in [0.25, 0.3) is 0 Å². The van der Waals surface area contributed by atoms with Crippen molar-refractivity contribution in [1.29, 1.82) is 0 Å². The van der Waals surface area contributed by atoms with Crippen LogP contribution >= 0.6 is 0 Å². The Balaban J connectivity index is 1.72. The summed E-state index contributed by atoms with van der Waals surface area (Å²) >= 11 is 0. The number of hydrogen-bond acceptors (Lipinski definition) is 4. The average molecular weight is 289 g/mol. The number of nitrogens with zero attached hydrogens (tertiary/aromatic N) is 2. The number of rotatable bonds is 4. The lowest BCUT2D eigenvalue weighted by Gasteiger charge is -2.35. The van der Waals surface area contributed by atoms with E-state index in [1.165, 1.54) is 19.3 Å². The molecule has 21 heavy (non-hydrogen) atoms. The summed E-state index contributed by atoms with van der Waals surface area (Å²) in [5, 5.41) is 9.86. The van der Waals surface area contributed by atoms with E-state index in [1.807, 2.05) is 30.3 Å². The van der Waals surface area contributed by atoms with Gasteiger partial charge >= 0.3 is 0 Å². The molecule has 2 bridgehead atoms. The fraction of sp³-hybridized carbons (Fsp3) is 0.647. The van der Waals surface area contributed by atoms with Crippen LogP contribution in [0.15, 0.2) is 30.3 Å². The van der Waals surface area contributed by atoms with E-state index in [-0.39, 0.29) is 6.61 Å². The fourth-order valence-corrected chi connectivity index (χ4v) is 3.92. The number of aliphatic hydroxyl groups excluding tert-OH is 1. The number of benzene rings is 1. The summed E-state index contributed by atoms with van der Waals surface area (Å²) in [5.74, 6) is 0. The molecule has 4 nitrogen and oxygen atoms in total. The third kappa shape index (κ3) is 2.99. The molecule has 4 heteroatoms. The van der Waals surface area contributed by atoms with E-state index in [4.69, 9.17) is 5.73 Å². The molecular weight excluding hydrogens is 262 g/mol. The number of hydrogen-bond donors (Lipinski definition) is 2. The Morgan fingerprint density at radius 1 is 1.19 bits per heavy atom. The molecule has 3 unspecified atom stereocenters. The minimum Gasteiger partial charge on any atom is -0.394 e. The topological polar surface area (TPSA) is 52.7 Å². The van der Waals surface area contributed by atoms with Gasteiger partial charge in [-0.15, -0.1) is 0 Å². The summed E-state index contributed by atoms with van der Waals surface area (Å²) in [6.45, 7) is 2.86. The predicted octanol–water partition coefficient (Wildman–Crippen LogP) is 1.00. The van der Waals surface area contributed by atoms with Gasteiger partial charge in [0.15, 0.2) is 0 Å². The Bertz CT molecular complexity index is 466. The molecular formula is C17H27N3O. The van der Waals surface area contributed by atoms with Gasteiger partial charge in [0.1, 0.15) is 0 Å². The highest BCUT2D eigenvalue weighted by atomic mass is 16.3. The van der Waals surface area contributed by atoms with Gasteiger partial charge in [0.05, 0.1) is 12.1 Å². The van der Waals surface area contributed by atoms with Gasteiger partial charge in [0.2, 0.25) is 0 Å². The number of likely N-dealkylation sites (N-methyl/N-ethyl adjacent to an activating group) is 1. The molecule has 116 valence electrons. The quantitative estimate of drug-likeness (QED) is 0.868. The average Bonchev–Trinajstić information content (AvgIpc) is 2.76. The SMILES string of the molecule is CN1C2CCC1CN(CC(N)(CO)c1ccccc1)CC2. The van der Waals surface area contributed by atoms with E-state index in [9.17, 15) is 5.11 Å². The van der Waals surface area contributed by atoms with Crippen molar-refractivity contribution in [3.63, 3.8) is 0 Å². The Kier molecular flexibility index (Phi) is 4.31. The van der Waals surface area contributed by atoms with Gasteiger partial charge in [-0.1, -0.05) is 30.3 Å². The molecule has 0 saturated carbocycles. The number of likely N-dealkylation sites (tertiary alicyclic amines) is 1. The van der Waals surface area contributed by atoms with E-state index >= 15 is 0 Å². The van der Waals surface area contributed by atoms with Gasteiger partial charge in [-0.25, -0.2) is 0 Å². The van der Waals surface area contributed by atoms with Crippen LogP contribution in [0.4, 0.5) is 0 Å². The van der Waals surface area contributed by atoms with Crippen LogP contribution in [0.25, 0.3) is 0 Å². The molecule has 0 spiro atoms. The standard InChI is InChI=1S/C17H27N3O/c1-19-15-7-8-16(19)11-20(10-9-15)12-17(18,13-21)14-5-3-2-4-6-14/h2-6,15-16,21H,7-13,18H2,1H3. The maximum Gasteiger partial charge on any atom is 0.0772 e. The van der Waals surface area contributed by atoms with E-state index < -0.39 is 5.54 Å². The molecule has 1 aromatic rings. The van der Waals surface area contributed by atoms with Crippen LogP contribution in [0.5, 0.6) is 0 Å². The highest BCUT2D eigenvalue weighted by molar-refractivity contribution is 5.24. The molecule has 0 radical (unpaired) electrons. The molecule has 2 aliphatic rings. The first-order valence-corrected chi connectivity index (χ1v) is 8.02. The normalized spacial score (nSPS) is 30.0. The van der Waals surface area contributed by atoms with Crippen molar-refractivity contribution in [1.82, 2.24) is 9.80 Å². The van der Waals surface area contributed by atoms with E-state index in [0.717, 1.165) is 31.2 Å². The van der Waals surface area contributed by atoms with Crippen molar-refractivity contribution >= 4 is 0 Å². The van der Waals surface area contributed by atoms with Crippen LogP contribution in [0.2, 0.25) is 0 Å². The summed E-state index contributed by atoms with van der Waals surface area (Å²) in [6, 6.07) is 11.4. The summed E-state index contributed by atoms with van der Waals surface area (Å²) in [7, 11) is 2.25. The van der Waals surface area contributed by atoms with Gasteiger partial charge in [0, 0.05) is 25.2 Å². The molecule has 2 aliphatic heterocycles. The summed E-state index contributed by atoms with van der Waals surface area (Å²) < 4.78 is 0. The summed E-state index contributed by atoms with van der Waals surface area (Å²) in [5.41, 5.74) is 6.89. The van der Waals surface area contributed by atoms with Crippen LogP contribution < -0.4 is 5.73 Å². The third-order valence-corrected chi connectivity index (χ3v) is 5.37. The van der Waals surface area contributed by atoms with Gasteiger partial charge < -0.3 is 10.8 Å². The summed E-state index contributed by atoms with van der Waals surface area (Å²) in [6.07, 6.45) is 3.84. The first kappa shape index (κ1) is 15.0. The molecule has 2 saturated heterocycles. The lowest BCUT2D eigenvalue weighted by molar-refractivity contribution is 0.128. The van der Waals surface area contributed by atoms with Gasteiger partial charge in [-0.05, 0) is 38.4 Å². The molecule has 0 aromatic heterocycles. The van der Waals surface area contributed by atoms with Crippen molar-refractivity contribution in [3.05, 3.63) is 35.9 Å². The highest BCUT2D eigenvalue weighted by Crippen LogP contribution is 2.30. The molecule has 0 aliphatic carbocycles. The van der Waals surface area contributed by atoms with E-state index in [1.54, 1.807) is 0 Å². The Morgan fingerprint density at radius 2 is 1.90 bits per heavy atom. The van der Waals surface area contributed by atoms with Crippen molar-refractivity contribution in [2.24, 2.45) is 5.73 Å². The lowest BCUT2D eigenvalue weighted by Crippen LogP contribution is -2.52. The van der Waals surface area contributed by atoms with E-state index in [2.05, 4.69) is 16.8 Å². The molecule has 1 aromatic carbocycles. The van der Waals surface area contributed by atoms with Crippen LogP contribution in [0.3, 0.4) is 0 Å². The predicted molar refractivity (Wildman–Crippen MR) is 85.0 cm³/mol. The van der Waals surface area contributed by atoms with Crippen molar-refractivity contribution < 1.29 is 5.11 Å². The second-order valence-electron chi connectivity index (χ2n) is 6.75. The molecule has 3 atom stereocenters. The monoisotopic (exact) mass is 289 g/mol. The Hall–Kier alpha value is -0.940. The van der Waals surface area contributed by atoms with E-state index in [0.29, 0.717) is 6.04 Å². The second kappa shape index (κ2) is 6.05. The summed E-state index contributed by atoms with van der Waals surface area (Å²) in [4.78, 5) is 4.99. The molecule has 3 rings (SSSR count). The minimum atomic E-state index is -0.663. The fourth-order valence-electron chi connectivity index (χ4n) is 3.92. The van der Waals surface area contributed by atoms with Crippen molar-refractivity contribution in [3.8, 4) is 0 Å². The van der Waals surface area contributed by atoms with Crippen molar-refractivity contribution in [2.45, 2.75) is 36.9 Å². The van der Waals surface area contributed by atoms with Crippen molar-refractivity contribution in [2.75, 3.05) is 33.3 Å². The van der Waals surface area contributed by atoms with Gasteiger partial charge in [-0.3, -0.25) is 9.80 Å². The van der Waals surface area contributed by atoms with Crippen LogP contribution in [-0.2, 0) is 5.54 Å². The molecule has 2 fully saturated rings. The van der Waals surface area contributed by atoms with Crippen LogP contribution in [0.1, 0.15) is 24.8 Å². The van der Waals surface area contributed by atoms with Crippen LogP contribution in [0, 0.1) is 0 Å². The molecule has 0 amide bonds. The second-order valence-corrected chi connectivity index (χ2v) is 6.75. The largest absolute Gasteiger partial charge is 0.394 e. The van der Waals surface area contributed by atoms with Crippen LogP contribution in [-0.4, -0.2) is 60.3 Å². The zero-order valence-corrected chi connectivity index (χ0v) is 12.9. The number of aliphatic hydroxyl groups is 1. The zero-order valence-electron chi connectivity index (χ0n) is 12.9. The lowest BCUT2D eigenvalue weighted by atomic mass is 9.90. The van der Waals surface area contributed by atoms with Gasteiger partial charge in [-0.2, -0.15) is 0 Å². The third-order valence-electron chi connectivity index (χ3n) is 5.37. The number of nitrogens with two attached hydrogens (primary N) is 1. The molecule has 2 heterocycles. The highest BCUT2D eigenvalue weighted by Gasteiger charge is 2.37.